The molecule has 1 heterocycles. The van der Waals surface area contributed by atoms with E-state index in [-0.39, 0.29) is 17.2 Å². The van der Waals surface area contributed by atoms with Crippen molar-refractivity contribution in [3.63, 3.8) is 0 Å². The summed E-state index contributed by atoms with van der Waals surface area (Å²) in [5.74, 6) is 0.634. The zero-order valence-electron chi connectivity index (χ0n) is 14.9. The summed E-state index contributed by atoms with van der Waals surface area (Å²) in [5, 5.41) is 3.90. The summed E-state index contributed by atoms with van der Waals surface area (Å²) in [7, 11) is 1.57. The Bertz CT molecular complexity index is 1050. The quantitative estimate of drug-likeness (QED) is 0.457. The van der Waals surface area contributed by atoms with E-state index in [1.165, 1.54) is 11.8 Å². The zero-order chi connectivity index (χ0) is 19.4. The minimum atomic E-state index is -0.180. The zero-order valence-corrected chi connectivity index (χ0v) is 17.3. The van der Waals surface area contributed by atoms with Gasteiger partial charge in [-0.1, -0.05) is 33.8 Å². The molecule has 0 saturated heterocycles. The van der Waals surface area contributed by atoms with Gasteiger partial charge in [0.25, 0.3) is 5.56 Å². The Balaban J connectivity index is 1.78. The standard InChI is InChI=1S/C19H18BrN3O3S/c1-3-23-18(25)15-9-12(20)7-8-16(15)22-19(23)27-11-17(24)21-13-5-4-6-14(10-13)26-2/h4-10H,3,11H2,1-2H3,(H,21,24). The van der Waals surface area contributed by atoms with Crippen molar-refractivity contribution >= 4 is 50.2 Å². The monoisotopic (exact) mass is 447 g/mol. The molecular weight excluding hydrogens is 430 g/mol. The Morgan fingerprint density at radius 3 is 2.85 bits per heavy atom. The van der Waals surface area contributed by atoms with E-state index in [1.54, 1.807) is 42.0 Å². The van der Waals surface area contributed by atoms with Crippen LogP contribution in [0.15, 0.2) is 56.9 Å². The van der Waals surface area contributed by atoms with Gasteiger partial charge in [-0.25, -0.2) is 4.98 Å². The lowest BCUT2D eigenvalue weighted by Gasteiger charge is -2.11. The molecule has 140 valence electrons. The average molecular weight is 448 g/mol. The molecule has 0 aliphatic heterocycles. The van der Waals surface area contributed by atoms with E-state index in [4.69, 9.17) is 4.74 Å². The normalized spacial score (nSPS) is 10.8. The average Bonchev–Trinajstić information content (AvgIpc) is 2.67. The summed E-state index contributed by atoms with van der Waals surface area (Å²) in [5.41, 5.74) is 1.16. The maximum Gasteiger partial charge on any atom is 0.262 e. The number of thioether (sulfide) groups is 1. The van der Waals surface area contributed by atoms with Gasteiger partial charge in [-0.2, -0.15) is 0 Å². The van der Waals surface area contributed by atoms with Crippen LogP contribution in [-0.4, -0.2) is 28.3 Å². The molecule has 8 heteroatoms. The molecule has 27 heavy (non-hydrogen) atoms. The fraction of sp³-hybridized carbons (Fsp3) is 0.211. The fourth-order valence-electron chi connectivity index (χ4n) is 2.59. The molecule has 0 aliphatic rings. The number of benzene rings is 2. The van der Waals surface area contributed by atoms with Gasteiger partial charge in [-0.05, 0) is 37.3 Å². The first-order valence-electron chi connectivity index (χ1n) is 8.28. The Hall–Kier alpha value is -2.32. The SMILES string of the molecule is CCn1c(SCC(=O)Nc2cccc(OC)c2)nc2ccc(Br)cc2c1=O. The van der Waals surface area contributed by atoms with Crippen LogP contribution in [0.4, 0.5) is 5.69 Å². The lowest BCUT2D eigenvalue weighted by Crippen LogP contribution is -2.23. The third kappa shape index (κ3) is 4.51. The molecule has 0 fully saturated rings. The Morgan fingerprint density at radius 2 is 2.11 bits per heavy atom. The number of halogens is 1. The highest BCUT2D eigenvalue weighted by Crippen LogP contribution is 2.21. The predicted molar refractivity (Wildman–Crippen MR) is 112 cm³/mol. The fourth-order valence-corrected chi connectivity index (χ4v) is 3.81. The molecule has 3 aromatic rings. The number of amides is 1. The second kappa shape index (κ2) is 8.58. The van der Waals surface area contributed by atoms with Crippen molar-refractivity contribution in [2.75, 3.05) is 18.2 Å². The van der Waals surface area contributed by atoms with Crippen molar-refractivity contribution in [1.82, 2.24) is 9.55 Å². The van der Waals surface area contributed by atoms with E-state index < -0.39 is 0 Å². The van der Waals surface area contributed by atoms with Crippen molar-refractivity contribution in [2.24, 2.45) is 0 Å². The van der Waals surface area contributed by atoms with E-state index in [0.29, 0.717) is 34.0 Å². The minimum absolute atomic E-state index is 0.112. The highest BCUT2D eigenvalue weighted by Gasteiger charge is 2.13. The smallest absolute Gasteiger partial charge is 0.262 e. The molecule has 0 bridgehead atoms. The molecule has 1 aromatic heterocycles. The van der Waals surface area contributed by atoms with Gasteiger partial charge in [0.05, 0.1) is 23.8 Å². The first-order valence-corrected chi connectivity index (χ1v) is 10.1. The van der Waals surface area contributed by atoms with Gasteiger partial charge >= 0.3 is 0 Å². The van der Waals surface area contributed by atoms with Crippen LogP contribution in [0.25, 0.3) is 10.9 Å². The Kier molecular flexibility index (Phi) is 6.18. The molecule has 0 aliphatic carbocycles. The maximum absolute atomic E-state index is 12.7. The number of hydrogen-bond donors (Lipinski definition) is 1. The number of anilines is 1. The van der Waals surface area contributed by atoms with Crippen LogP contribution in [0.2, 0.25) is 0 Å². The molecule has 0 spiro atoms. The summed E-state index contributed by atoms with van der Waals surface area (Å²) in [4.78, 5) is 29.6. The maximum atomic E-state index is 12.7. The van der Waals surface area contributed by atoms with E-state index in [1.807, 2.05) is 19.1 Å². The van der Waals surface area contributed by atoms with Crippen molar-refractivity contribution in [3.05, 3.63) is 57.3 Å². The van der Waals surface area contributed by atoms with Crippen molar-refractivity contribution in [1.29, 1.82) is 0 Å². The van der Waals surface area contributed by atoms with Gasteiger partial charge < -0.3 is 10.1 Å². The van der Waals surface area contributed by atoms with Crippen LogP contribution in [-0.2, 0) is 11.3 Å². The summed E-state index contributed by atoms with van der Waals surface area (Å²) in [6.45, 7) is 2.36. The van der Waals surface area contributed by atoms with Crippen molar-refractivity contribution in [2.45, 2.75) is 18.6 Å². The summed E-state index contributed by atoms with van der Waals surface area (Å²) in [6.07, 6.45) is 0. The van der Waals surface area contributed by atoms with E-state index in [2.05, 4.69) is 26.2 Å². The number of fused-ring (bicyclic) bond motifs is 1. The summed E-state index contributed by atoms with van der Waals surface area (Å²) in [6, 6.07) is 12.5. The molecule has 2 aromatic carbocycles. The number of rotatable bonds is 6. The van der Waals surface area contributed by atoms with Crippen LogP contribution in [0.1, 0.15) is 6.92 Å². The molecule has 3 rings (SSSR count). The minimum Gasteiger partial charge on any atom is -0.497 e. The number of hydrogen-bond acceptors (Lipinski definition) is 5. The molecule has 0 radical (unpaired) electrons. The number of carbonyl (C=O) groups is 1. The number of nitrogens with one attached hydrogen (secondary N) is 1. The number of methoxy groups -OCH3 is 1. The van der Waals surface area contributed by atoms with Gasteiger partial charge in [-0.3, -0.25) is 14.2 Å². The molecule has 6 nitrogen and oxygen atoms in total. The second-order valence-electron chi connectivity index (χ2n) is 5.67. The predicted octanol–water partition coefficient (Wildman–Crippen LogP) is 3.92. The van der Waals surface area contributed by atoms with Crippen LogP contribution < -0.4 is 15.6 Å². The van der Waals surface area contributed by atoms with E-state index in [9.17, 15) is 9.59 Å². The van der Waals surface area contributed by atoms with Crippen LogP contribution in [0.3, 0.4) is 0 Å². The highest BCUT2D eigenvalue weighted by molar-refractivity contribution is 9.10. The Labute approximate surface area is 169 Å². The molecule has 0 atom stereocenters. The van der Waals surface area contributed by atoms with Crippen molar-refractivity contribution < 1.29 is 9.53 Å². The lowest BCUT2D eigenvalue weighted by atomic mass is 10.2. The molecule has 1 N–H and O–H groups in total. The van der Waals surface area contributed by atoms with E-state index >= 15 is 0 Å². The van der Waals surface area contributed by atoms with Crippen LogP contribution in [0.5, 0.6) is 5.75 Å². The topological polar surface area (TPSA) is 73.2 Å². The number of nitrogens with zero attached hydrogens (tertiary/aromatic N) is 2. The summed E-state index contributed by atoms with van der Waals surface area (Å²) < 4.78 is 7.56. The number of ether oxygens (including phenoxy) is 1. The summed E-state index contributed by atoms with van der Waals surface area (Å²) >= 11 is 4.62. The Morgan fingerprint density at radius 1 is 1.30 bits per heavy atom. The number of aromatic nitrogens is 2. The molecule has 0 saturated carbocycles. The first-order chi connectivity index (χ1) is 13.0. The second-order valence-corrected chi connectivity index (χ2v) is 7.53. The molecule has 0 unspecified atom stereocenters. The first kappa shape index (κ1) is 19.4. The van der Waals surface area contributed by atoms with Crippen LogP contribution >= 0.6 is 27.7 Å². The molecule has 1 amide bonds. The number of carbonyl (C=O) groups excluding carboxylic acids is 1. The largest absolute Gasteiger partial charge is 0.497 e. The highest BCUT2D eigenvalue weighted by atomic mass is 79.9. The van der Waals surface area contributed by atoms with Gasteiger partial charge in [0.2, 0.25) is 5.91 Å². The lowest BCUT2D eigenvalue weighted by molar-refractivity contribution is -0.113. The van der Waals surface area contributed by atoms with Gasteiger partial charge in [0.15, 0.2) is 5.16 Å². The van der Waals surface area contributed by atoms with Crippen molar-refractivity contribution in [3.8, 4) is 5.75 Å². The molecular formula is C19H18BrN3O3S. The third-order valence-corrected chi connectivity index (χ3v) is 5.35. The van der Waals surface area contributed by atoms with Gasteiger partial charge in [0, 0.05) is 22.8 Å². The van der Waals surface area contributed by atoms with Gasteiger partial charge in [0.1, 0.15) is 5.75 Å². The van der Waals surface area contributed by atoms with Gasteiger partial charge in [-0.15, -0.1) is 0 Å². The third-order valence-electron chi connectivity index (χ3n) is 3.88. The van der Waals surface area contributed by atoms with E-state index in [0.717, 1.165) is 4.47 Å². The van der Waals surface area contributed by atoms with Crippen LogP contribution in [0, 0.1) is 0 Å².